The Labute approximate surface area is 189 Å². The summed E-state index contributed by atoms with van der Waals surface area (Å²) < 4.78 is 43.4. The van der Waals surface area contributed by atoms with Gasteiger partial charge in [0.15, 0.2) is 5.69 Å². The quantitative estimate of drug-likeness (QED) is 0.418. The van der Waals surface area contributed by atoms with Crippen molar-refractivity contribution in [2.75, 3.05) is 11.9 Å². The molecule has 182 valence electrons. The number of unbranched alkanes of at least 4 members (excludes halogenated alkanes) is 1. The summed E-state index contributed by atoms with van der Waals surface area (Å²) in [7, 11) is 0. The number of nitrogens with zero attached hydrogens (tertiary/aromatic N) is 2. The molecule has 4 atom stereocenters. The van der Waals surface area contributed by atoms with Crippen LogP contribution in [0.4, 0.5) is 23.8 Å². The van der Waals surface area contributed by atoms with Crippen LogP contribution in [0.2, 0.25) is 0 Å². The minimum Gasteiger partial charge on any atom is -0.446 e. The molecule has 0 radical (unpaired) electrons. The molecule has 1 heterocycles. The van der Waals surface area contributed by atoms with E-state index in [9.17, 15) is 18.0 Å². The average molecular weight is 459 g/mol. The highest BCUT2D eigenvalue weighted by Crippen LogP contribution is 2.35. The molecule has 6 nitrogen and oxygen atoms in total. The van der Waals surface area contributed by atoms with E-state index in [4.69, 9.17) is 4.74 Å². The highest BCUT2D eigenvalue weighted by Gasteiger charge is 2.34. The van der Waals surface area contributed by atoms with E-state index in [1.165, 1.54) is 6.42 Å². The molecule has 32 heavy (non-hydrogen) atoms. The minimum atomic E-state index is -4.49. The molecule has 1 saturated carbocycles. The Hall–Kier alpha value is -2.06. The second-order valence-electron chi connectivity index (χ2n) is 9.23. The lowest BCUT2D eigenvalue weighted by molar-refractivity contribution is -0.141. The molecule has 1 fully saturated rings. The third-order valence-electron chi connectivity index (χ3n) is 6.26. The van der Waals surface area contributed by atoms with Crippen LogP contribution in [-0.4, -0.2) is 34.8 Å². The van der Waals surface area contributed by atoms with Crippen LogP contribution in [0, 0.1) is 17.8 Å². The van der Waals surface area contributed by atoms with Gasteiger partial charge in [0.05, 0.1) is 12.4 Å². The highest BCUT2D eigenvalue weighted by atomic mass is 19.4. The van der Waals surface area contributed by atoms with Crippen LogP contribution >= 0.6 is 0 Å². The normalized spacial score (nSPS) is 22.4. The van der Waals surface area contributed by atoms with Crippen LogP contribution < -0.4 is 10.6 Å². The van der Waals surface area contributed by atoms with E-state index in [-0.39, 0.29) is 18.2 Å². The number of anilines is 1. The smallest absolute Gasteiger partial charge is 0.434 e. The molecule has 1 aliphatic rings. The van der Waals surface area contributed by atoms with Crippen molar-refractivity contribution in [3.63, 3.8) is 0 Å². The van der Waals surface area contributed by atoms with Crippen molar-refractivity contribution in [3.8, 4) is 0 Å². The lowest BCUT2D eigenvalue weighted by Gasteiger charge is -2.36. The summed E-state index contributed by atoms with van der Waals surface area (Å²) in [6, 6.07) is 0.0341. The van der Waals surface area contributed by atoms with Crippen molar-refractivity contribution < 1.29 is 22.7 Å². The minimum absolute atomic E-state index is 0.0229. The molecule has 2 N–H and O–H groups in total. The third kappa shape index (κ3) is 8.47. The maximum atomic E-state index is 12.5. The Balaban J connectivity index is 1.69. The largest absolute Gasteiger partial charge is 0.446 e. The number of halogens is 3. The third-order valence-corrected chi connectivity index (χ3v) is 6.26. The maximum absolute atomic E-state index is 12.5. The van der Waals surface area contributed by atoms with Gasteiger partial charge in [-0.05, 0) is 56.3 Å². The van der Waals surface area contributed by atoms with Gasteiger partial charge in [0.1, 0.15) is 11.9 Å². The number of carbonyl (C=O) groups is 1. The highest BCUT2D eigenvalue weighted by molar-refractivity contribution is 5.67. The maximum Gasteiger partial charge on any atom is 0.434 e. The van der Waals surface area contributed by atoms with Gasteiger partial charge >= 0.3 is 12.3 Å². The number of rotatable bonds is 10. The van der Waals surface area contributed by atoms with Crippen molar-refractivity contribution in [1.82, 2.24) is 15.3 Å². The van der Waals surface area contributed by atoms with Gasteiger partial charge in [-0.1, -0.05) is 34.1 Å². The van der Waals surface area contributed by atoms with Gasteiger partial charge in [-0.25, -0.2) is 14.8 Å². The molecule has 0 spiro atoms. The van der Waals surface area contributed by atoms with Crippen LogP contribution in [0.3, 0.4) is 0 Å². The Morgan fingerprint density at radius 3 is 2.56 bits per heavy atom. The summed E-state index contributed by atoms with van der Waals surface area (Å²) in [5, 5.41) is 5.98. The second-order valence-corrected chi connectivity index (χ2v) is 9.23. The monoisotopic (exact) mass is 458 g/mol. The van der Waals surface area contributed by atoms with Gasteiger partial charge in [-0.2, -0.15) is 13.2 Å². The fourth-order valence-corrected chi connectivity index (χ4v) is 4.26. The summed E-state index contributed by atoms with van der Waals surface area (Å²) in [6.45, 7) is 9.18. The van der Waals surface area contributed by atoms with Gasteiger partial charge < -0.3 is 15.4 Å². The van der Waals surface area contributed by atoms with Crippen molar-refractivity contribution in [2.45, 2.75) is 91.0 Å². The predicted octanol–water partition coefficient (Wildman–Crippen LogP) is 6.04. The van der Waals surface area contributed by atoms with E-state index < -0.39 is 11.9 Å². The Morgan fingerprint density at radius 1 is 1.22 bits per heavy atom. The summed E-state index contributed by atoms with van der Waals surface area (Å²) in [6.07, 6.45) is 3.45. The van der Waals surface area contributed by atoms with Crippen LogP contribution in [-0.2, 0) is 10.9 Å². The van der Waals surface area contributed by atoms with E-state index in [1.54, 1.807) is 0 Å². The van der Waals surface area contributed by atoms with Crippen LogP contribution in [0.15, 0.2) is 12.4 Å². The number of hydrogen-bond donors (Lipinski definition) is 2. The van der Waals surface area contributed by atoms with Crippen LogP contribution in [0.25, 0.3) is 0 Å². The standard InChI is InChI=1S/C23H37F3N4O2/c1-5-17(30-22(31)32-19-12-16(4)9-10-18(19)15(2)3)8-6-7-11-27-21-14-28-20(13-29-21)23(24,25)26/h13-19H,5-12H2,1-4H3,(H,27,29)(H,30,31)/t16-,17-,18+,19-/m1/s1. The first-order valence-corrected chi connectivity index (χ1v) is 11.7. The number of hydrogen-bond acceptors (Lipinski definition) is 5. The Bertz CT molecular complexity index is 697. The van der Waals surface area contributed by atoms with Gasteiger partial charge in [0.2, 0.25) is 0 Å². The second kappa shape index (κ2) is 12.3. The molecular formula is C23H37F3N4O2. The number of aromatic nitrogens is 2. The average Bonchev–Trinajstić information content (AvgIpc) is 2.72. The topological polar surface area (TPSA) is 76.1 Å². The fourth-order valence-electron chi connectivity index (χ4n) is 4.26. The molecule has 0 bridgehead atoms. The van der Waals surface area contributed by atoms with Gasteiger partial charge in [-0.3, -0.25) is 0 Å². The number of alkyl halides is 3. The molecule has 1 aromatic rings. The Kier molecular flexibility index (Phi) is 10.0. The SMILES string of the molecule is CC[C@H](CCCCNc1cnc(C(F)(F)F)cn1)NC(=O)O[C@@H]1C[C@H](C)CC[C@H]1C(C)C. The van der Waals surface area contributed by atoms with E-state index in [0.29, 0.717) is 30.1 Å². The molecule has 1 amide bonds. The molecule has 1 aromatic heterocycles. The van der Waals surface area contributed by atoms with Gasteiger partial charge in [0, 0.05) is 12.6 Å². The Morgan fingerprint density at radius 2 is 1.97 bits per heavy atom. The van der Waals surface area contributed by atoms with Gasteiger partial charge in [-0.15, -0.1) is 0 Å². The summed E-state index contributed by atoms with van der Waals surface area (Å²) in [4.78, 5) is 19.6. The number of carbonyl (C=O) groups excluding carboxylic acids is 1. The number of ether oxygens (including phenoxy) is 1. The zero-order chi connectivity index (χ0) is 23.7. The van der Waals surface area contributed by atoms with Crippen molar-refractivity contribution in [1.29, 1.82) is 0 Å². The summed E-state index contributed by atoms with van der Waals surface area (Å²) in [5.41, 5.74) is -1.01. The fraction of sp³-hybridized carbons (Fsp3) is 0.783. The van der Waals surface area contributed by atoms with Crippen molar-refractivity contribution in [3.05, 3.63) is 18.1 Å². The molecule has 0 unspecified atom stereocenters. The number of amides is 1. The van der Waals surface area contributed by atoms with Gasteiger partial charge in [0.25, 0.3) is 0 Å². The zero-order valence-electron chi connectivity index (χ0n) is 19.5. The lowest BCUT2D eigenvalue weighted by atomic mass is 9.75. The van der Waals surface area contributed by atoms with Crippen molar-refractivity contribution in [2.24, 2.45) is 17.8 Å². The number of nitrogens with one attached hydrogen (secondary N) is 2. The van der Waals surface area contributed by atoms with E-state index >= 15 is 0 Å². The molecule has 2 rings (SSSR count). The molecule has 1 aliphatic carbocycles. The van der Waals surface area contributed by atoms with E-state index in [1.807, 2.05) is 6.92 Å². The predicted molar refractivity (Wildman–Crippen MR) is 118 cm³/mol. The summed E-state index contributed by atoms with van der Waals surface area (Å²) >= 11 is 0. The number of alkyl carbamates (subject to hydrolysis) is 1. The lowest BCUT2D eigenvalue weighted by Crippen LogP contribution is -2.41. The van der Waals surface area contributed by atoms with E-state index in [2.05, 4.69) is 41.4 Å². The van der Waals surface area contributed by atoms with E-state index in [0.717, 1.165) is 50.9 Å². The zero-order valence-corrected chi connectivity index (χ0v) is 19.5. The van der Waals surface area contributed by atoms with Crippen molar-refractivity contribution >= 4 is 11.9 Å². The first kappa shape index (κ1) is 26.2. The summed E-state index contributed by atoms with van der Waals surface area (Å²) in [5.74, 6) is 1.79. The molecule has 0 aliphatic heterocycles. The molecule has 0 aromatic carbocycles. The van der Waals surface area contributed by atoms with Crippen LogP contribution in [0.5, 0.6) is 0 Å². The van der Waals surface area contributed by atoms with Crippen LogP contribution in [0.1, 0.15) is 78.3 Å². The first-order chi connectivity index (χ1) is 15.1. The first-order valence-electron chi connectivity index (χ1n) is 11.7. The molecule has 9 heteroatoms. The molecule has 0 saturated heterocycles. The molecular weight excluding hydrogens is 421 g/mol.